The standard InChI is InChI=1S/C19H27NO2/c1-14(19(21)20-16-10-3-2-4-11-16)22-18-13-7-9-15-8-5-6-12-17(15)18/h7,9,13-14,16H,2-6,8,10-12H2,1H3,(H,20,21)/t14-/m1/s1. The first-order valence-electron chi connectivity index (χ1n) is 8.82. The van der Waals surface area contributed by atoms with Gasteiger partial charge in [0.25, 0.3) is 5.91 Å². The van der Waals surface area contributed by atoms with Crippen molar-refractivity contribution in [2.24, 2.45) is 0 Å². The van der Waals surface area contributed by atoms with Gasteiger partial charge in [0.2, 0.25) is 0 Å². The third-order valence-electron chi connectivity index (χ3n) is 4.98. The molecule has 0 aliphatic heterocycles. The first-order valence-corrected chi connectivity index (χ1v) is 8.82. The van der Waals surface area contributed by atoms with Crippen LogP contribution in [0, 0.1) is 0 Å². The lowest BCUT2D eigenvalue weighted by atomic mass is 9.91. The second-order valence-electron chi connectivity index (χ2n) is 6.70. The molecule has 1 aromatic rings. The van der Waals surface area contributed by atoms with Gasteiger partial charge in [0.15, 0.2) is 6.10 Å². The number of fused-ring (bicyclic) bond motifs is 1. The Balaban J connectivity index is 1.61. The zero-order valence-corrected chi connectivity index (χ0v) is 13.6. The third-order valence-corrected chi connectivity index (χ3v) is 4.98. The molecule has 1 saturated carbocycles. The summed E-state index contributed by atoms with van der Waals surface area (Å²) in [7, 11) is 0. The highest BCUT2D eigenvalue weighted by Gasteiger charge is 2.22. The molecule has 2 aliphatic carbocycles. The van der Waals surface area contributed by atoms with Crippen LogP contribution in [0.15, 0.2) is 18.2 Å². The lowest BCUT2D eigenvalue weighted by Crippen LogP contribution is -2.43. The van der Waals surface area contributed by atoms with Crippen molar-refractivity contribution in [3.05, 3.63) is 29.3 Å². The van der Waals surface area contributed by atoms with E-state index in [1.165, 1.54) is 43.2 Å². The molecule has 120 valence electrons. The Bertz CT molecular complexity index is 520. The van der Waals surface area contributed by atoms with Crippen LogP contribution in [-0.4, -0.2) is 18.1 Å². The summed E-state index contributed by atoms with van der Waals surface area (Å²) in [6.07, 6.45) is 10.2. The Morgan fingerprint density at radius 3 is 2.73 bits per heavy atom. The number of benzene rings is 1. The lowest BCUT2D eigenvalue weighted by molar-refractivity contribution is -0.128. The second kappa shape index (κ2) is 7.17. The Labute approximate surface area is 133 Å². The summed E-state index contributed by atoms with van der Waals surface area (Å²) < 4.78 is 6.00. The maximum Gasteiger partial charge on any atom is 0.260 e. The van der Waals surface area contributed by atoms with Crippen LogP contribution < -0.4 is 10.1 Å². The molecule has 3 nitrogen and oxygen atoms in total. The average molecular weight is 301 g/mol. The molecule has 0 bridgehead atoms. The van der Waals surface area contributed by atoms with Gasteiger partial charge >= 0.3 is 0 Å². The van der Waals surface area contributed by atoms with Crippen LogP contribution in [0.25, 0.3) is 0 Å². The van der Waals surface area contributed by atoms with Crippen molar-refractivity contribution in [2.45, 2.75) is 76.9 Å². The predicted molar refractivity (Wildman–Crippen MR) is 88.2 cm³/mol. The van der Waals surface area contributed by atoms with E-state index < -0.39 is 6.10 Å². The van der Waals surface area contributed by atoms with Crippen LogP contribution in [0.2, 0.25) is 0 Å². The van der Waals surface area contributed by atoms with Gasteiger partial charge in [-0.15, -0.1) is 0 Å². The van der Waals surface area contributed by atoms with Gasteiger partial charge in [0, 0.05) is 6.04 Å². The van der Waals surface area contributed by atoms with Crippen molar-refractivity contribution in [3.63, 3.8) is 0 Å². The number of nitrogens with one attached hydrogen (secondary N) is 1. The van der Waals surface area contributed by atoms with Crippen LogP contribution in [0.4, 0.5) is 0 Å². The number of ether oxygens (including phenoxy) is 1. The molecule has 1 atom stereocenters. The van der Waals surface area contributed by atoms with Crippen LogP contribution >= 0.6 is 0 Å². The average Bonchev–Trinajstić information content (AvgIpc) is 2.56. The molecule has 1 fully saturated rings. The molecule has 0 unspecified atom stereocenters. The van der Waals surface area contributed by atoms with Crippen molar-refractivity contribution in [1.29, 1.82) is 0 Å². The normalized spacial score (nSPS) is 20.0. The third kappa shape index (κ3) is 3.63. The first kappa shape index (κ1) is 15.4. The van der Waals surface area contributed by atoms with Crippen molar-refractivity contribution in [2.75, 3.05) is 0 Å². The molecular formula is C19H27NO2. The number of carbonyl (C=O) groups excluding carboxylic acids is 1. The van der Waals surface area contributed by atoms with Gasteiger partial charge < -0.3 is 10.1 Å². The number of aryl methyl sites for hydroxylation is 1. The van der Waals surface area contributed by atoms with Crippen LogP contribution in [0.3, 0.4) is 0 Å². The first-order chi connectivity index (χ1) is 10.7. The zero-order chi connectivity index (χ0) is 15.4. The lowest BCUT2D eigenvalue weighted by Gasteiger charge is -2.26. The molecule has 1 aromatic carbocycles. The minimum absolute atomic E-state index is 0.0281. The number of hydrogen-bond donors (Lipinski definition) is 1. The van der Waals surface area contributed by atoms with Gasteiger partial charge in [0.05, 0.1) is 0 Å². The smallest absolute Gasteiger partial charge is 0.260 e. The fourth-order valence-electron chi connectivity index (χ4n) is 3.67. The van der Waals surface area contributed by atoms with Crippen molar-refractivity contribution in [1.82, 2.24) is 5.32 Å². The summed E-state index contributed by atoms with van der Waals surface area (Å²) in [6.45, 7) is 1.86. The molecule has 0 aromatic heterocycles. The molecule has 3 heteroatoms. The van der Waals surface area contributed by atoms with Gasteiger partial charge in [-0.2, -0.15) is 0 Å². The van der Waals surface area contributed by atoms with E-state index in [-0.39, 0.29) is 5.91 Å². The van der Waals surface area contributed by atoms with E-state index >= 15 is 0 Å². The predicted octanol–water partition coefficient (Wildman–Crippen LogP) is 3.78. The van der Waals surface area contributed by atoms with E-state index in [1.54, 1.807) is 0 Å². The van der Waals surface area contributed by atoms with E-state index in [9.17, 15) is 4.79 Å². The van der Waals surface area contributed by atoms with E-state index in [0.717, 1.165) is 31.4 Å². The Hall–Kier alpha value is -1.51. The molecule has 1 amide bonds. The largest absolute Gasteiger partial charge is 0.481 e. The van der Waals surface area contributed by atoms with Crippen molar-refractivity contribution in [3.8, 4) is 5.75 Å². The van der Waals surface area contributed by atoms with E-state index in [4.69, 9.17) is 4.74 Å². The Morgan fingerprint density at radius 1 is 1.14 bits per heavy atom. The van der Waals surface area contributed by atoms with E-state index in [1.807, 2.05) is 19.1 Å². The summed E-state index contributed by atoms with van der Waals surface area (Å²) in [4.78, 5) is 12.3. The molecule has 0 radical (unpaired) electrons. The molecular weight excluding hydrogens is 274 g/mol. The fourth-order valence-corrected chi connectivity index (χ4v) is 3.67. The van der Waals surface area contributed by atoms with E-state index in [2.05, 4.69) is 11.4 Å². The van der Waals surface area contributed by atoms with Gasteiger partial charge in [0.1, 0.15) is 5.75 Å². The minimum atomic E-state index is -0.421. The van der Waals surface area contributed by atoms with Gasteiger partial charge in [-0.1, -0.05) is 31.4 Å². The number of rotatable bonds is 4. The fraction of sp³-hybridized carbons (Fsp3) is 0.632. The quantitative estimate of drug-likeness (QED) is 0.919. The van der Waals surface area contributed by atoms with Crippen LogP contribution in [-0.2, 0) is 17.6 Å². The number of hydrogen-bond acceptors (Lipinski definition) is 2. The van der Waals surface area contributed by atoms with Crippen LogP contribution in [0.5, 0.6) is 5.75 Å². The summed E-state index contributed by atoms with van der Waals surface area (Å²) >= 11 is 0. The topological polar surface area (TPSA) is 38.3 Å². The summed E-state index contributed by atoms with van der Waals surface area (Å²) in [5.74, 6) is 0.934. The molecule has 0 saturated heterocycles. The SMILES string of the molecule is C[C@@H](Oc1cccc2c1CCCC2)C(=O)NC1CCCCC1. The maximum absolute atomic E-state index is 12.3. The minimum Gasteiger partial charge on any atom is -0.481 e. The molecule has 22 heavy (non-hydrogen) atoms. The zero-order valence-electron chi connectivity index (χ0n) is 13.6. The summed E-state index contributed by atoms with van der Waals surface area (Å²) in [6, 6.07) is 6.59. The monoisotopic (exact) mass is 301 g/mol. The molecule has 1 N–H and O–H groups in total. The molecule has 0 spiro atoms. The van der Waals surface area contributed by atoms with Crippen LogP contribution in [0.1, 0.15) is 63.0 Å². The Kier molecular flexibility index (Phi) is 5.01. The number of amides is 1. The molecule has 2 aliphatic rings. The Morgan fingerprint density at radius 2 is 1.91 bits per heavy atom. The number of carbonyl (C=O) groups is 1. The maximum atomic E-state index is 12.3. The van der Waals surface area contributed by atoms with Gasteiger partial charge in [-0.05, 0) is 62.6 Å². The van der Waals surface area contributed by atoms with Crippen molar-refractivity contribution < 1.29 is 9.53 Å². The highest BCUT2D eigenvalue weighted by molar-refractivity contribution is 5.81. The summed E-state index contributed by atoms with van der Waals surface area (Å²) in [5, 5.41) is 3.15. The van der Waals surface area contributed by atoms with Crippen molar-refractivity contribution >= 4 is 5.91 Å². The van der Waals surface area contributed by atoms with E-state index in [0.29, 0.717) is 6.04 Å². The molecule has 0 heterocycles. The van der Waals surface area contributed by atoms with Gasteiger partial charge in [-0.3, -0.25) is 4.79 Å². The van der Waals surface area contributed by atoms with Gasteiger partial charge in [-0.25, -0.2) is 0 Å². The second-order valence-corrected chi connectivity index (χ2v) is 6.70. The highest BCUT2D eigenvalue weighted by Crippen LogP contribution is 2.30. The highest BCUT2D eigenvalue weighted by atomic mass is 16.5. The summed E-state index contributed by atoms with van der Waals surface area (Å²) in [5.41, 5.74) is 2.70. The molecule has 3 rings (SSSR count).